The topological polar surface area (TPSA) is 59.6 Å². The predicted octanol–water partition coefficient (Wildman–Crippen LogP) is 4.54. The number of hydrogen-bond donors (Lipinski definition) is 2. The van der Waals surface area contributed by atoms with Crippen LogP contribution in [0.2, 0.25) is 0 Å². The van der Waals surface area contributed by atoms with Crippen molar-refractivity contribution in [3.8, 4) is 11.5 Å². The number of carbonyl (C=O) groups excluding carboxylic acids is 1. The van der Waals surface area contributed by atoms with Gasteiger partial charge in [-0.05, 0) is 65.6 Å². The average molecular weight is 378 g/mol. The molecule has 1 fully saturated rings. The molecule has 28 heavy (non-hydrogen) atoms. The molecule has 5 rings (SSSR count). The Kier molecular flexibility index (Phi) is 3.83. The van der Waals surface area contributed by atoms with Crippen LogP contribution >= 0.6 is 0 Å². The Bertz CT molecular complexity index is 947. The monoisotopic (exact) mass is 378 g/mol. The Morgan fingerprint density at radius 1 is 1.11 bits per heavy atom. The minimum absolute atomic E-state index is 0.0223. The fourth-order valence-electron chi connectivity index (χ4n) is 4.19. The average Bonchev–Trinajstić information content (AvgIpc) is 3.11. The van der Waals surface area contributed by atoms with E-state index in [4.69, 9.17) is 9.47 Å². The number of anilines is 2. The van der Waals surface area contributed by atoms with Crippen molar-refractivity contribution in [1.82, 2.24) is 0 Å². The Labute approximate surface area is 165 Å². The van der Waals surface area contributed by atoms with Gasteiger partial charge in [0.2, 0.25) is 12.7 Å². The van der Waals surface area contributed by atoms with Gasteiger partial charge in [0.25, 0.3) is 0 Å². The molecule has 3 unspecified atom stereocenters. The molecule has 0 bridgehead atoms. The molecule has 5 nitrogen and oxygen atoms in total. The lowest BCUT2D eigenvalue weighted by Crippen LogP contribution is -2.31. The third-order valence-electron chi connectivity index (χ3n) is 6.12. The highest BCUT2D eigenvalue weighted by molar-refractivity contribution is 5.95. The molecule has 2 aliphatic heterocycles. The molecule has 3 atom stereocenters. The van der Waals surface area contributed by atoms with Crippen LogP contribution in [-0.4, -0.2) is 18.7 Å². The van der Waals surface area contributed by atoms with Crippen LogP contribution in [0.4, 0.5) is 11.4 Å². The standard InChI is InChI=1S/C23H26N2O3/c1-23(2,3)21-10-14-8-15(5-6-18(14)25-21)24-22(26)17-11-16(17)13-4-7-19-20(9-13)28-12-27-19/h4-9,16-17,21,25H,10-12H2,1-3H3,(H,24,26). The Morgan fingerprint density at radius 2 is 1.93 bits per heavy atom. The summed E-state index contributed by atoms with van der Waals surface area (Å²) < 4.78 is 10.8. The minimum atomic E-state index is 0.0223. The highest BCUT2D eigenvalue weighted by Gasteiger charge is 2.44. The molecule has 2 aromatic rings. The maximum atomic E-state index is 12.7. The second kappa shape index (κ2) is 6.16. The number of ether oxygens (including phenoxy) is 2. The number of nitrogens with one attached hydrogen (secondary N) is 2. The number of carbonyl (C=O) groups is 1. The number of rotatable bonds is 3. The van der Waals surface area contributed by atoms with Crippen LogP contribution in [-0.2, 0) is 11.2 Å². The van der Waals surface area contributed by atoms with Crippen LogP contribution in [0.15, 0.2) is 36.4 Å². The van der Waals surface area contributed by atoms with Gasteiger partial charge in [-0.25, -0.2) is 0 Å². The number of amides is 1. The van der Waals surface area contributed by atoms with E-state index >= 15 is 0 Å². The van der Waals surface area contributed by atoms with Crippen molar-refractivity contribution in [3.63, 3.8) is 0 Å². The lowest BCUT2D eigenvalue weighted by Gasteiger charge is -2.27. The van der Waals surface area contributed by atoms with Gasteiger partial charge >= 0.3 is 0 Å². The van der Waals surface area contributed by atoms with Crippen LogP contribution in [0.5, 0.6) is 11.5 Å². The first kappa shape index (κ1) is 17.4. The molecular weight excluding hydrogens is 352 g/mol. The molecule has 2 N–H and O–H groups in total. The molecule has 0 radical (unpaired) electrons. The summed E-state index contributed by atoms with van der Waals surface area (Å²) in [5.74, 6) is 1.94. The molecule has 1 amide bonds. The number of hydrogen-bond acceptors (Lipinski definition) is 4. The van der Waals surface area contributed by atoms with Crippen LogP contribution in [0.3, 0.4) is 0 Å². The number of benzene rings is 2. The van der Waals surface area contributed by atoms with Gasteiger partial charge in [-0.2, -0.15) is 0 Å². The molecular formula is C23H26N2O3. The number of fused-ring (bicyclic) bond motifs is 2. The summed E-state index contributed by atoms with van der Waals surface area (Å²) in [5, 5.41) is 6.72. The van der Waals surface area contributed by atoms with Gasteiger partial charge in [0.05, 0.1) is 0 Å². The fraction of sp³-hybridized carbons (Fsp3) is 0.435. The zero-order valence-corrected chi connectivity index (χ0v) is 16.5. The molecule has 0 spiro atoms. The van der Waals surface area contributed by atoms with E-state index in [2.05, 4.69) is 43.5 Å². The molecule has 146 valence electrons. The summed E-state index contributed by atoms with van der Waals surface area (Å²) in [7, 11) is 0. The van der Waals surface area contributed by atoms with Crippen molar-refractivity contribution >= 4 is 17.3 Å². The molecule has 0 saturated heterocycles. The first-order chi connectivity index (χ1) is 13.4. The summed E-state index contributed by atoms with van der Waals surface area (Å²) >= 11 is 0. The second-order valence-corrected chi connectivity index (χ2v) is 9.19. The van der Waals surface area contributed by atoms with E-state index in [1.54, 1.807) is 0 Å². The van der Waals surface area contributed by atoms with Gasteiger partial charge in [0.1, 0.15) is 0 Å². The van der Waals surface area contributed by atoms with Gasteiger partial charge in [0, 0.05) is 23.3 Å². The highest BCUT2D eigenvalue weighted by atomic mass is 16.7. The summed E-state index contributed by atoms with van der Waals surface area (Å²) in [4.78, 5) is 12.7. The third-order valence-corrected chi connectivity index (χ3v) is 6.12. The van der Waals surface area contributed by atoms with Gasteiger partial charge in [0.15, 0.2) is 11.5 Å². The van der Waals surface area contributed by atoms with E-state index in [0.717, 1.165) is 35.6 Å². The van der Waals surface area contributed by atoms with Crippen molar-refractivity contribution in [3.05, 3.63) is 47.5 Å². The van der Waals surface area contributed by atoms with E-state index in [9.17, 15) is 4.79 Å². The van der Waals surface area contributed by atoms with Crippen molar-refractivity contribution in [2.24, 2.45) is 11.3 Å². The van der Waals surface area contributed by atoms with E-state index in [1.807, 2.05) is 24.3 Å². The molecule has 0 aromatic heterocycles. The molecule has 5 heteroatoms. The smallest absolute Gasteiger partial charge is 0.231 e. The Balaban J connectivity index is 1.24. The largest absolute Gasteiger partial charge is 0.454 e. The summed E-state index contributed by atoms with van der Waals surface area (Å²) in [6.07, 6.45) is 1.87. The summed E-state index contributed by atoms with van der Waals surface area (Å²) in [5.41, 5.74) is 4.70. The highest BCUT2D eigenvalue weighted by Crippen LogP contribution is 2.50. The molecule has 1 aliphatic carbocycles. The lowest BCUT2D eigenvalue weighted by molar-refractivity contribution is -0.117. The van der Waals surface area contributed by atoms with Crippen molar-refractivity contribution in [2.45, 2.75) is 45.6 Å². The lowest BCUT2D eigenvalue weighted by atomic mass is 9.85. The van der Waals surface area contributed by atoms with Crippen LogP contribution in [0.1, 0.15) is 44.2 Å². The predicted molar refractivity (Wildman–Crippen MR) is 109 cm³/mol. The molecule has 2 heterocycles. The first-order valence-electron chi connectivity index (χ1n) is 9.98. The quantitative estimate of drug-likeness (QED) is 0.823. The van der Waals surface area contributed by atoms with Crippen molar-refractivity contribution in [2.75, 3.05) is 17.4 Å². The fourth-order valence-corrected chi connectivity index (χ4v) is 4.19. The van der Waals surface area contributed by atoms with Crippen molar-refractivity contribution < 1.29 is 14.3 Å². The normalized spacial score (nSPS) is 24.5. The second-order valence-electron chi connectivity index (χ2n) is 9.19. The van der Waals surface area contributed by atoms with Gasteiger partial charge in [-0.1, -0.05) is 26.8 Å². The minimum Gasteiger partial charge on any atom is -0.454 e. The first-order valence-corrected chi connectivity index (χ1v) is 9.98. The maximum Gasteiger partial charge on any atom is 0.231 e. The Hall–Kier alpha value is -2.69. The van der Waals surface area contributed by atoms with E-state index in [0.29, 0.717) is 6.04 Å². The van der Waals surface area contributed by atoms with E-state index in [-0.39, 0.29) is 30.0 Å². The van der Waals surface area contributed by atoms with Gasteiger partial charge < -0.3 is 20.1 Å². The van der Waals surface area contributed by atoms with E-state index < -0.39 is 0 Å². The van der Waals surface area contributed by atoms with Crippen LogP contribution in [0.25, 0.3) is 0 Å². The maximum absolute atomic E-state index is 12.7. The van der Waals surface area contributed by atoms with Crippen LogP contribution < -0.4 is 20.1 Å². The van der Waals surface area contributed by atoms with Gasteiger partial charge in [-0.15, -0.1) is 0 Å². The Morgan fingerprint density at radius 3 is 2.75 bits per heavy atom. The van der Waals surface area contributed by atoms with Gasteiger partial charge in [-0.3, -0.25) is 4.79 Å². The molecule has 3 aliphatic rings. The third kappa shape index (κ3) is 3.09. The van der Waals surface area contributed by atoms with Crippen LogP contribution in [0, 0.1) is 11.3 Å². The van der Waals surface area contributed by atoms with Crippen molar-refractivity contribution in [1.29, 1.82) is 0 Å². The molecule has 2 aromatic carbocycles. The summed E-state index contributed by atoms with van der Waals surface area (Å²) in [6, 6.07) is 12.6. The SMILES string of the molecule is CC(C)(C)C1Cc2cc(NC(=O)C3CC3c3ccc4c(c3)OCO4)ccc2N1. The zero-order chi connectivity index (χ0) is 19.5. The molecule has 1 saturated carbocycles. The zero-order valence-electron chi connectivity index (χ0n) is 16.5. The van der Waals surface area contributed by atoms with E-state index in [1.165, 1.54) is 11.3 Å². The summed E-state index contributed by atoms with van der Waals surface area (Å²) in [6.45, 7) is 7.03.